The molecule has 1 aromatic rings. The fraction of sp³-hybridized carbons (Fsp3) is 0.611. The summed E-state index contributed by atoms with van der Waals surface area (Å²) in [5, 5.41) is -0.212. The molecule has 1 aromatic carbocycles. The van der Waals surface area contributed by atoms with Crippen molar-refractivity contribution in [1.29, 1.82) is 0 Å². The Kier molecular flexibility index (Phi) is 4.73. The molecule has 142 valence electrons. The normalized spacial score (nSPS) is 29.3. The van der Waals surface area contributed by atoms with Gasteiger partial charge in [-0.25, -0.2) is 12.8 Å². The van der Waals surface area contributed by atoms with E-state index < -0.39 is 15.8 Å². The zero-order valence-corrected chi connectivity index (χ0v) is 16.0. The van der Waals surface area contributed by atoms with E-state index in [0.717, 1.165) is 25.0 Å². The maximum absolute atomic E-state index is 13.3. The predicted octanol–water partition coefficient (Wildman–Crippen LogP) is 2.75. The summed E-state index contributed by atoms with van der Waals surface area (Å²) in [5.74, 6) is 0.910. The minimum atomic E-state index is -3.73. The van der Waals surface area contributed by atoms with Gasteiger partial charge >= 0.3 is 0 Å². The van der Waals surface area contributed by atoms with E-state index in [0.29, 0.717) is 24.9 Å². The number of piperazine rings is 1. The van der Waals surface area contributed by atoms with Crippen molar-refractivity contribution >= 4 is 27.5 Å². The van der Waals surface area contributed by atoms with Crippen LogP contribution in [0.1, 0.15) is 25.7 Å². The molecule has 3 aliphatic rings. The second-order valence-electron chi connectivity index (χ2n) is 7.59. The zero-order valence-electron chi connectivity index (χ0n) is 14.4. The maximum atomic E-state index is 13.3. The molecule has 1 heterocycles. The van der Waals surface area contributed by atoms with Crippen molar-refractivity contribution in [1.82, 2.24) is 9.21 Å². The lowest BCUT2D eigenvalue weighted by Gasteiger charge is -2.36. The summed E-state index contributed by atoms with van der Waals surface area (Å²) in [5.41, 5.74) is 0. The van der Waals surface area contributed by atoms with Crippen LogP contribution in [-0.4, -0.2) is 49.7 Å². The standard InChI is InChI=1S/C18H22ClFN2O3S/c19-16-11-14(3-4-17(16)20)26(24,25)22-7-5-21(6-8-22)18(23)15-10-12-1-2-13(15)9-12/h3-4,11-13,15H,1-2,5-10H2. The van der Waals surface area contributed by atoms with Gasteiger partial charge in [0.2, 0.25) is 15.9 Å². The second kappa shape index (κ2) is 6.77. The molecule has 1 aliphatic heterocycles. The van der Waals surface area contributed by atoms with Gasteiger partial charge in [-0.15, -0.1) is 0 Å². The van der Waals surface area contributed by atoms with Crippen LogP contribution in [0.3, 0.4) is 0 Å². The number of fused-ring (bicyclic) bond motifs is 2. The van der Waals surface area contributed by atoms with Crippen LogP contribution in [0.25, 0.3) is 0 Å². The Morgan fingerprint density at radius 3 is 2.42 bits per heavy atom. The van der Waals surface area contributed by atoms with Gasteiger partial charge in [-0.05, 0) is 49.3 Å². The Labute approximate surface area is 158 Å². The highest BCUT2D eigenvalue weighted by atomic mass is 35.5. The van der Waals surface area contributed by atoms with Gasteiger partial charge in [-0.1, -0.05) is 18.0 Å². The van der Waals surface area contributed by atoms with Crippen molar-refractivity contribution in [2.45, 2.75) is 30.6 Å². The molecule has 0 N–H and O–H groups in total. The summed E-state index contributed by atoms with van der Waals surface area (Å²) in [4.78, 5) is 14.6. The molecule has 8 heteroatoms. The molecule has 1 amide bonds. The summed E-state index contributed by atoms with van der Waals surface area (Å²) in [6.07, 6.45) is 4.58. The summed E-state index contributed by atoms with van der Waals surface area (Å²) < 4.78 is 40.1. The first-order valence-corrected chi connectivity index (χ1v) is 10.9. The minimum absolute atomic E-state index is 0.0169. The molecule has 2 aliphatic carbocycles. The number of rotatable bonds is 3. The SMILES string of the molecule is O=C(C1CC2CCC1C2)N1CCN(S(=O)(=O)c2ccc(F)c(Cl)c2)CC1. The van der Waals surface area contributed by atoms with E-state index in [1.165, 1.54) is 23.2 Å². The number of halogens is 2. The maximum Gasteiger partial charge on any atom is 0.243 e. The van der Waals surface area contributed by atoms with Gasteiger partial charge in [0.25, 0.3) is 0 Å². The third kappa shape index (κ3) is 3.14. The first-order valence-electron chi connectivity index (χ1n) is 9.10. The number of nitrogens with zero attached hydrogens (tertiary/aromatic N) is 2. The third-order valence-electron chi connectivity index (χ3n) is 6.13. The van der Waals surface area contributed by atoms with E-state index in [-0.39, 0.29) is 34.8 Å². The van der Waals surface area contributed by atoms with Gasteiger partial charge in [-0.2, -0.15) is 4.31 Å². The van der Waals surface area contributed by atoms with Crippen LogP contribution < -0.4 is 0 Å². The van der Waals surface area contributed by atoms with Crippen LogP contribution in [0.15, 0.2) is 23.1 Å². The van der Waals surface area contributed by atoms with Gasteiger partial charge in [0, 0.05) is 32.1 Å². The summed E-state index contributed by atoms with van der Waals surface area (Å²) in [6, 6.07) is 3.42. The van der Waals surface area contributed by atoms with Crippen LogP contribution in [-0.2, 0) is 14.8 Å². The molecule has 0 spiro atoms. The minimum Gasteiger partial charge on any atom is -0.340 e. The van der Waals surface area contributed by atoms with Crippen molar-refractivity contribution < 1.29 is 17.6 Å². The molecule has 26 heavy (non-hydrogen) atoms. The predicted molar refractivity (Wildman–Crippen MR) is 95.7 cm³/mol. The zero-order chi connectivity index (χ0) is 18.5. The first kappa shape index (κ1) is 18.2. The second-order valence-corrected chi connectivity index (χ2v) is 9.93. The molecule has 3 fully saturated rings. The Morgan fingerprint density at radius 1 is 1.12 bits per heavy atom. The van der Waals surface area contributed by atoms with Gasteiger partial charge in [0.05, 0.1) is 9.92 Å². The molecule has 2 bridgehead atoms. The smallest absolute Gasteiger partial charge is 0.243 e. The number of carbonyl (C=O) groups excluding carboxylic acids is 1. The van der Waals surface area contributed by atoms with E-state index in [2.05, 4.69) is 0 Å². The van der Waals surface area contributed by atoms with Crippen LogP contribution in [0.5, 0.6) is 0 Å². The van der Waals surface area contributed by atoms with Crippen molar-refractivity contribution in [3.05, 3.63) is 29.0 Å². The van der Waals surface area contributed by atoms with Gasteiger partial charge < -0.3 is 4.90 Å². The van der Waals surface area contributed by atoms with Crippen molar-refractivity contribution in [3.63, 3.8) is 0 Å². The topological polar surface area (TPSA) is 57.7 Å². The molecule has 3 atom stereocenters. The Hall–Kier alpha value is -1.18. The largest absolute Gasteiger partial charge is 0.340 e. The molecule has 0 aromatic heterocycles. The Morgan fingerprint density at radius 2 is 1.85 bits per heavy atom. The van der Waals surface area contributed by atoms with Gasteiger partial charge in [0.15, 0.2) is 0 Å². The molecule has 0 radical (unpaired) electrons. The van der Waals surface area contributed by atoms with Crippen LogP contribution in [0.2, 0.25) is 5.02 Å². The fourth-order valence-electron chi connectivity index (χ4n) is 4.72. The number of sulfonamides is 1. The van der Waals surface area contributed by atoms with Crippen LogP contribution in [0, 0.1) is 23.6 Å². The first-order chi connectivity index (χ1) is 12.4. The lowest BCUT2D eigenvalue weighted by atomic mass is 9.87. The molecule has 1 saturated heterocycles. The number of hydrogen-bond donors (Lipinski definition) is 0. The summed E-state index contributed by atoms with van der Waals surface area (Å²) >= 11 is 5.72. The monoisotopic (exact) mass is 400 g/mol. The number of benzene rings is 1. The van der Waals surface area contributed by atoms with E-state index in [4.69, 9.17) is 11.6 Å². The van der Waals surface area contributed by atoms with Crippen molar-refractivity contribution in [2.24, 2.45) is 17.8 Å². The third-order valence-corrected chi connectivity index (χ3v) is 8.32. The lowest BCUT2D eigenvalue weighted by molar-refractivity contribution is -0.138. The average Bonchev–Trinajstić information content (AvgIpc) is 3.27. The van der Waals surface area contributed by atoms with E-state index in [1.54, 1.807) is 0 Å². The summed E-state index contributed by atoms with van der Waals surface area (Å²) in [6.45, 7) is 1.32. The average molecular weight is 401 g/mol. The number of carbonyl (C=O) groups is 1. The molecule has 2 saturated carbocycles. The fourth-order valence-corrected chi connectivity index (χ4v) is 6.41. The molecule has 4 rings (SSSR count). The molecular formula is C18H22ClFN2O3S. The van der Waals surface area contributed by atoms with Crippen LogP contribution >= 0.6 is 11.6 Å². The number of hydrogen-bond acceptors (Lipinski definition) is 3. The van der Waals surface area contributed by atoms with Crippen molar-refractivity contribution in [2.75, 3.05) is 26.2 Å². The lowest BCUT2D eigenvalue weighted by Crippen LogP contribution is -2.52. The van der Waals surface area contributed by atoms with E-state index in [9.17, 15) is 17.6 Å². The molecule has 3 unspecified atom stereocenters. The van der Waals surface area contributed by atoms with Crippen LogP contribution in [0.4, 0.5) is 4.39 Å². The van der Waals surface area contributed by atoms with Gasteiger partial charge in [0.1, 0.15) is 5.82 Å². The quantitative estimate of drug-likeness (QED) is 0.783. The Bertz CT molecular complexity index is 824. The highest BCUT2D eigenvalue weighted by Gasteiger charge is 2.45. The highest BCUT2D eigenvalue weighted by Crippen LogP contribution is 2.48. The summed E-state index contributed by atoms with van der Waals surface area (Å²) in [7, 11) is -3.73. The van der Waals surface area contributed by atoms with Crippen molar-refractivity contribution in [3.8, 4) is 0 Å². The Balaban J connectivity index is 1.41. The molecular weight excluding hydrogens is 379 g/mol. The van der Waals surface area contributed by atoms with Gasteiger partial charge in [-0.3, -0.25) is 4.79 Å². The van der Waals surface area contributed by atoms with E-state index in [1.807, 2.05) is 4.90 Å². The highest BCUT2D eigenvalue weighted by molar-refractivity contribution is 7.89. The molecule has 5 nitrogen and oxygen atoms in total. The number of amides is 1. The van der Waals surface area contributed by atoms with E-state index >= 15 is 0 Å².